The second-order valence-corrected chi connectivity index (χ2v) is 5.84. The van der Waals surface area contributed by atoms with Crippen molar-refractivity contribution in [1.29, 1.82) is 0 Å². The largest absolute Gasteiger partial charge is 0.481 e. The van der Waals surface area contributed by atoms with Gasteiger partial charge in [0, 0.05) is 11.3 Å². The highest BCUT2D eigenvalue weighted by atomic mass is 32.1. The van der Waals surface area contributed by atoms with E-state index in [1.165, 1.54) is 23.5 Å². The van der Waals surface area contributed by atoms with Crippen LogP contribution in [0.15, 0.2) is 41.8 Å². The molecule has 0 saturated heterocycles. The van der Waals surface area contributed by atoms with Gasteiger partial charge < -0.3 is 10.4 Å². The number of thiophene rings is 1. The maximum absolute atomic E-state index is 12.8. The molecule has 6 heteroatoms. The summed E-state index contributed by atoms with van der Waals surface area (Å²) in [6, 6.07) is 9.09. The highest BCUT2D eigenvalue weighted by molar-refractivity contribution is 7.10. The number of carbonyl (C=O) groups excluding carboxylic acids is 1. The van der Waals surface area contributed by atoms with Gasteiger partial charge in [-0.15, -0.1) is 11.3 Å². The van der Waals surface area contributed by atoms with Crippen LogP contribution in [-0.2, 0) is 16.0 Å². The van der Waals surface area contributed by atoms with Crippen molar-refractivity contribution in [2.24, 2.45) is 0 Å². The molecular formula is C16H16FNO3S. The van der Waals surface area contributed by atoms with Gasteiger partial charge in [-0.05, 0) is 35.6 Å². The van der Waals surface area contributed by atoms with E-state index < -0.39 is 12.0 Å². The molecule has 1 amide bonds. The second-order valence-electron chi connectivity index (χ2n) is 4.86. The highest BCUT2D eigenvalue weighted by Gasteiger charge is 2.18. The number of carbonyl (C=O) groups is 2. The summed E-state index contributed by atoms with van der Waals surface area (Å²) in [5, 5.41) is 13.5. The van der Waals surface area contributed by atoms with Gasteiger partial charge in [-0.3, -0.25) is 9.59 Å². The van der Waals surface area contributed by atoms with Crippen LogP contribution < -0.4 is 5.32 Å². The molecule has 1 unspecified atom stereocenters. The molecule has 0 fully saturated rings. The number of carboxylic acids is 1. The maximum Gasteiger partial charge on any atom is 0.305 e. The van der Waals surface area contributed by atoms with Crippen LogP contribution in [0.2, 0.25) is 0 Å². The molecule has 0 spiro atoms. The van der Waals surface area contributed by atoms with Gasteiger partial charge in [0.05, 0.1) is 12.5 Å². The van der Waals surface area contributed by atoms with E-state index in [1.807, 2.05) is 11.4 Å². The Balaban J connectivity index is 1.90. The predicted octanol–water partition coefficient (Wildman–Crippen LogP) is 3.15. The van der Waals surface area contributed by atoms with Gasteiger partial charge in [0.25, 0.3) is 0 Å². The monoisotopic (exact) mass is 321 g/mol. The summed E-state index contributed by atoms with van der Waals surface area (Å²) in [6.07, 6.45) is 0.562. The lowest BCUT2D eigenvalue weighted by Gasteiger charge is -2.15. The van der Waals surface area contributed by atoms with E-state index in [-0.39, 0.29) is 24.6 Å². The molecule has 1 atom stereocenters. The Morgan fingerprint density at radius 2 is 1.95 bits per heavy atom. The van der Waals surface area contributed by atoms with Crippen LogP contribution in [0.25, 0.3) is 0 Å². The fourth-order valence-corrected chi connectivity index (χ4v) is 2.84. The van der Waals surface area contributed by atoms with Crippen molar-refractivity contribution in [3.63, 3.8) is 0 Å². The zero-order valence-corrected chi connectivity index (χ0v) is 12.6. The van der Waals surface area contributed by atoms with Crippen LogP contribution in [0, 0.1) is 5.82 Å². The molecule has 0 aliphatic carbocycles. The maximum atomic E-state index is 12.8. The summed E-state index contributed by atoms with van der Waals surface area (Å²) in [5.74, 6) is -1.49. The summed E-state index contributed by atoms with van der Waals surface area (Å²) in [5.41, 5.74) is 0.863. The van der Waals surface area contributed by atoms with Crippen LogP contribution in [0.5, 0.6) is 0 Å². The smallest absolute Gasteiger partial charge is 0.305 e. The van der Waals surface area contributed by atoms with E-state index in [4.69, 9.17) is 5.11 Å². The first kappa shape index (κ1) is 16.2. The molecule has 116 valence electrons. The Bertz CT molecular complexity index is 625. The van der Waals surface area contributed by atoms with Gasteiger partial charge in [-0.1, -0.05) is 18.2 Å². The van der Waals surface area contributed by atoms with Gasteiger partial charge in [-0.2, -0.15) is 0 Å². The molecule has 1 heterocycles. The zero-order valence-electron chi connectivity index (χ0n) is 11.8. The van der Waals surface area contributed by atoms with E-state index in [0.29, 0.717) is 6.42 Å². The van der Waals surface area contributed by atoms with Crippen LogP contribution in [0.4, 0.5) is 4.39 Å². The molecule has 2 N–H and O–H groups in total. The van der Waals surface area contributed by atoms with Crippen molar-refractivity contribution in [3.05, 3.63) is 58.0 Å². The number of hydrogen-bond acceptors (Lipinski definition) is 3. The number of rotatable bonds is 7. The Labute approximate surface area is 131 Å². The van der Waals surface area contributed by atoms with Gasteiger partial charge in [0.1, 0.15) is 5.82 Å². The van der Waals surface area contributed by atoms with E-state index in [2.05, 4.69) is 5.32 Å². The minimum absolute atomic E-state index is 0.150. The topological polar surface area (TPSA) is 66.4 Å². The third-order valence-corrected chi connectivity index (χ3v) is 4.14. The molecule has 2 aromatic rings. The van der Waals surface area contributed by atoms with Gasteiger partial charge in [-0.25, -0.2) is 4.39 Å². The summed E-state index contributed by atoms with van der Waals surface area (Å²) < 4.78 is 12.8. The SMILES string of the molecule is O=C(O)CC(NC(=O)CCc1ccc(F)cc1)c1cccs1. The number of aliphatic carboxylic acids is 1. The van der Waals surface area contributed by atoms with E-state index in [1.54, 1.807) is 18.2 Å². The number of aryl methyl sites for hydroxylation is 1. The Morgan fingerprint density at radius 3 is 2.55 bits per heavy atom. The lowest BCUT2D eigenvalue weighted by molar-refractivity contribution is -0.137. The van der Waals surface area contributed by atoms with E-state index in [9.17, 15) is 14.0 Å². The Morgan fingerprint density at radius 1 is 1.23 bits per heavy atom. The minimum atomic E-state index is -0.961. The quantitative estimate of drug-likeness (QED) is 0.823. The normalized spacial score (nSPS) is 11.9. The molecule has 2 rings (SSSR count). The predicted molar refractivity (Wildman–Crippen MR) is 82.2 cm³/mol. The molecule has 1 aromatic carbocycles. The fourth-order valence-electron chi connectivity index (χ4n) is 2.06. The standard InChI is InChI=1S/C16H16FNO3S/c17-12-6-3-11(4-7-12)5-8-15(19)18-13(10-16(20)21)14-2-1-9-22-14/h1-4,6-7,9,13H,5,8,10H2,(H,18,19)(H,20,21). The van der Waals surface area contributed by atoms with Crippen LogP contribution in [-0.4, -0.2) is 17.0 Å². The van der Waals surface area contributed by atoms with Gasteiger partial charge >= 0.3 is 5.97 Å². The molecule has 0 aliphatic heterocycles. The van der Waals surface area contributed by atoms with Gasteiger partial charge in [0.2, 0.25) is 5.91 Å². The molecular weight excluding hydrogens is 305 g/mol. The Kier molecular flexibility index (Phi) is 5.66. The van der Waals surface area contributed by atoms with E-state index >= 15 is 0 Å². The highest BCUT2D eigenvalue weighted by Crippen LogP contribution is 2.22. The number of nitrogens with one attached hydrogen (secondary N) is 1. The second kappa shape index (κ2) is 7.70. The number of hydrogen-bond donors (Lipinski definition) is 2. The first-order chi connectivity index (χ1) is 10.5. The average Bonchev–Trinajstić information content (AvgIpc) is 3.00. The molecule has 0 aliphatic rings. The van der Waals surface area contributed by atoms with Crippen LogP contribution in [0.1, 0.15) is 29.3 Å². The lowest BCUT2D eigenvalue weighted by Crippen LogP contribution is -2.29. The molecule has 1 aromatic heterocycles. The first-order valence-electron chi connectivity index (χ1n) is 6.83. The minimum Gasteiger partial charge on any atom is -0.481 e. The summed E-state index contributed by atoms with van der Waals surface area (Å²) in [4.78, 5) is 23.7. The molecule has 22 heavy (non-hydrogen) atoms. The summed E-state index contributed by atoms with van der Waals surface area (Å²) in [6.45, 7) is 0. The number of halogens is 1. The number of benzene rings is 1. The Hall–Kier alpha value is -2.21. The molecule has 0 bridgehead atoms. The number of amides is 1. The summed E-state index contributed by atoms with van der Waals surface area (Å²) >= 11 is 1.41. The lowest BCUT2D eigenvalue weighted by atomic mass is 10.1. The third-order valence-electron chi connectivity index (χ3n) is 3.15. The van der Waals surface area contributed by atoms with Crippen molar-refractivity contribution in [2.45, 2.75) is 25.3 Å². The van der Waals surface area contributed by atoms with E-state index in [0.717, 1.165) is 10.4 Å². The van der Waals surface area contributed by atoms with Crippen molar-refractivity contribution >= 4 is 23.2 Å². The van der Waals surface area contributed by atoms with Crippen molar-refractivity contribution in [2.75, 3.05) is 0 Å². The van der Waals surface area contributed by atoms with Crippen molar-refractivity contribution < 1.29 is 19.1 Å². The third kappa shape index (κ3) is 4.96. The molecule has 4 nitrogen and oxygen atoms in total. The molecule has 0 saturated carbocycles. The first-order valence-corrected chi connectivity index (χ1v) is 7.71. The van der Waals surface area contributed by atoms with Gasteiger partial charge in [0.15, 0.2) is 0 Å². The van der Waals surface area contributed by atoms with Crippen LogP contribution >= 0.6 is 11.3 Å². The summed E-state index contributed by atoms with van der Waals surface area (Å²) in [7, 11) is 0. The number of carboxylic acid groups (broad SMARTS) is 1. The van der Waals surface area contributed by atoms with Crippen LogP contribution in [0.3, 0.4) is 0 Å². The fraction of sp³-hybridized carbons (Fsp3) is 0.250. The molecule has 0 radical (unpaired) electrons. The zero-order chi connectivity index (χ0) is 15.9. The average molecular weight is 321 g/mol. The van der Waals surface area contributed by atoms with Crippen molar-refractivity contribution in [1.82, 2.24) is 5.32 Å². The van der Waals surface area contributed by atoms with Crippen molar-refractivity contribution in [3.8, 4) is 0 Å².